The normalized spacial score (nSPS) is 24.8. The van der Waals surface area contributed by atoms with E-state index in [9.17, 15) is 32.4 Å². The summed E-state index contributed by atoms with van der Waals surface area (Å²) in [6.45, 7) is 0. The van der Waals surface area contributed by atoms with Gasteiger partial charge in [-0.2, -0.15) is 13.2 Å². The molecule has 0 saturated heterocycles. The fourth-order valence-corrected chi connectivity index (χ4v) is 5.95. The maximum Gasteiger partial charge on any atom is 0.416 e. The molecule has 1 aromatic carbocycles. The van der Waals surface area contributed by atoms with E-state index in [2.05, 4.69) is 0 Å². The van der Waals surface area contributed by atoms with Gasteiger partial charge in [-0.25, -0.2) is 0 Å². The zero-order valence-electron chi connectivity index (χ0n) is 19.7. The molecule has 1 saturated carbocycles. The van der Waals surface area contributed by atoms with Gasteiger partial charge in [-0.15, -0.1) is 0 Å². The number of carboxylic acid groups (broad SMARTS) is 1. The zero-order valence-corrected chi connectivity index (χ0v) is 20.5. The largest absolute Gasteiger partial charge is 0.481 e. The molecule has 2 rings (SSSR count). The van der Waals surface area contributed by atoms with Crippen LogP contribution in [0.1, 0.15) is 75.3 Å². The van der Waals surface area contributed by atoms with E-state index in [1.165, 1.54) is 12.1 Å². The van der Waals surface area contributed by atoms with Crippen LogP contribution in [0.25, 0.3) is 0 Å². The Hall–Kier alpha value is -1.45. The fourth-order valence-electron chi connectivity index (χ4n) is 5.03. The lowest BCUT2D eigenvalue weighted by Crippen LogP contribution is -2.25. The first-order valence-corrected chi connectivity index (χ1v) is 13.7. The highest BCUT2D eigenvalue weighted by Crippen LogP contribution is 2.39. The first-order valence-electron chi connectivity index (χ1n) is 12.0. The molecule has 0 radical (unpaired) electrons. The van der Waals surface area contributed by atoms with Crippen LogP contribution in [0.4, 0.5) is 13.2 Å². The van der Waals surface area contributed by atoms with Crippen LogP contribution < -0.4 is 0 Å². The molecule has 6 unspecified atom stereocenters. The molecular weight excluding hydrogens is 469 g/mol. The fraction of sp³-hybridized carbons (Fsp3) is 0.720. The van der Waals surface area contributed by atoms with Gasteiger partial charge in [-0.1, -0.05) is 31.4 Å². The Morgan fingerprint density at radius 2 is 1.59 bits per heavy atom. The second-order valence-electron chi connectivity index (χ2n) is 9.48. The van der Waals surface area contributed by atoms with E-state index in [0.717, 1.165) is 43.4 Å². The van der Waals surface area contributed by atoms with Crippen molar-refractivity contribution in [3.63, 3.8) is 0 Å². The van der Waals surface area contributed by atoms with Gasteiger partial charge < -0.3 is 15.3 Å². The summed E-state index contributed by atoms with van der Waals surface area (Å²) in [7, 11) is -1.11. The number of aliphatic carboxylic acids is 1. The molecule has 9 heteroatoms. The third-order valence-electron chi connectivity index (χ3n) is 7.03. The summed E-state index contributed by atoms with van der Waals surface area (Å²) in [5, 5.41) is 29.5. The predicted octanol–water partition coefficient (Wildman–Crippen LogP) is 4.95. The minimum Gasteiger partial charge on any atom is -0.481 e. The Labute approximate surface area is 202 Å². The van der Waals surface area contributed by atoms with Crippen molar-refractivity contribution in [1.29, 1.82) is 0 Å². The smallest absolute Gasteiger partial charge is 0.416 e. The average molecular weight is 507 g/mol. The van der Waals surface area contributed by atoms with Crippen LogP contribution >= 0.6 is 0 Å². The molecule has 1 aromatic rings. The van der Waals surface area contributed by atoms with Crippen LogP contribution in [0.3, 0.4) is 0 Å². The molecule has 0 bridgehead atoms. The van der Waals surface area contributed by atoms with Crippen LogP contribution in [-0.4, -0.2) is 49.2 Å². The zero-order chi connectivity index (χ0) is 25.3. The summed E-state index contributed by atoms with van der Waals surface area (Å²) in [5.41, 5.74) is 0.0779. The molecule has 34 heavy (non-hydrogen) atoms. The minimum atomic E-state index is -4.37. The van der Waals surface area contributed by atoms with Crippen LogP contribution in [0.2, 0.25) is 0 Å². The highest BCUT2D eigenvalue weighted by atomic mass is 32.2. The van der Waals surface area contributed by atoms with E-state index in [4.69, 9.17) is 5.11 Å². The van der Waals surface area contributed by atoms with E-state index >= 15 is 0 Å². The Morgan fingerprint density at radius 1 is 1.00 bits per heavy atom. The van der Waals surface area contributed by atoms with E-state index in [-0.39, 0.29) is 23.5 Å². The van der Waals surface area contributed by atoms with Gasteiger partial charge in [0.15, 0.2) is 0 Å². The van der Waals surface area contributed by atoms with Crippen LogP contribution in [0, 0.1) is 11.8 Å². The molecule has 1 aliphatic carbocycles. The number of hydrogen-bond donors (Lipinski definition) is 3. The van der Waals surface area contributed by atoms with Crippen LogP contribution in [-0.2, 0) is 28.2 Å². The monoisotopic (exact) mass is 506 g/mol. The molecule has 3 N–H and O–H groups in total. The van der Waals surface area contributed by atoms with Crippen molar-refractivity contribution in [3.8, 4) is 0 Å². The lowest BCUT2D eigenvalue weighted by molar-refractivity contribution is -0.138. The molecule has 194 valence electrons. The SMILES string of the molecule is CS(=O)C(CCc1ccc(C(F)(F)F)cc1)CCC1C(O)CC(O)C1CCCCCCC(=O)O. The summed E-state index contributed by atoms with van der Waals surface area (Å²) in [5.74, 6) is -0.906. The molecule has 0 aliphatic heterocycles. The van der Waals surface area contributed by atoms with Crippen molar-refractivity contribution in [2.75, 3.05) is 6.26 Å². The van der Waals surface area contributed by atoms with Gasteiger partial charge in [-0.3, -0.25) is 9.00 Å². The van der Waals surface area contributed by atoms with Crippen molar-refractivity contribution in [1.82, 2.24) is 0 Å². The third kappa shape index (κ3) is 9.30. The summed E-state index contributed by atoms with van der Waals surface area (Å²) in [4.78, 5) is 10.6. The Morgan fingerprint density at radius 3 is 2.15 bits per heavy atom. The topological polar surface area (TPSA) is 94.8 Å². The molecule has 6 atom stereocenters. The molecule has 0 heterocycles. The van der Waals surface area contributed by atoms with Crippen molar-refractivity contribution in [3.05, 3.63) is 35.4 Å². The summed E-state index contributed by atoms with van der Waals surface area (Å²) < 4.78 is 50.5. The van der Waals surface area contributed by atoms with Gasteiger partial charge in [0.05, 0.1) is 17.8 Å². The van der Waals surface area contributed by atoms with E-state index in [1.54, 1.807) is 6.26 Å². The van der Waals surface area contributed by atoms with Gasteiger partial charge in [0.25, 0.3) is 0 Å². The second-order valence-corrected chi connectivity index (χ2v) is 11.1. The van der Waals surface area contributed by atoms with Gasteiger partial charge in [0.2, 0.25) is 0 Å². The van der Waals surface area contributed by atoms with Gasteiger partial charge in [0, 0.05) is 28.7 Å². The summed E-state index contributed by atoms with van der Waals surface area (Å²) in [6.07, 6.45) is 2.91. The summed E-state index contributed by atoms with van der Waals surface area (Å²) in [6, 6.07) is 5.05. The first-order chi connectivity index (χ1) is 16.0. The standard InChI is InChI=1S/C25H37F3O5S/c1-34(33)19(13-10-17-8-11-18(12-9-17)25(26,27)28)14-15-21-20(22(29)16-23(21)30)6-4-2-3-5-7-24(31)32/h8-9,11-12,19-23,29-30H,2-7,10,13-16H2,1H3,(H,31,32). The predicted molar refractivity (Wildman–Crippen MR) is 126 cm³/mol. The highest BCUT2D eigenvalue weighted by molar-refractivity contribution is 7.84. The number of rotatable bonds is 14. The Balaban J connectivity index is 1.84. The number of aliphatic hydroxyl groups excluding tert-OH is 2. The molecule has 1 fully saturated rings. The number of aryl methyl sites for hydroxylation is 1. The quantitative estimate of drug-likeness (QED) is 0.311. The highest BCUT2D eigenvalue weighted by Gasteiger charge is 2.41. The summed E-state index contributed by atoms with van der Waals surface area (Å²) >= 11 is 0. The maximum absolute atomic E-state index is 12.7. The lowest BCUT2D eigenvalue weighted by Gasteiger charge is -2.25. The Bertz CT molecular complexity index is 784. The molecule has 5 nitrogen and oxygen atoms in total. The average Bonchev–Trinajstić information content (AvgIpc) is 3.02. The van der Waals surface area contributed by atoms with Crippen LogP contribution in [0.5, 0.6) is 0 Å². The van der Waals surface area contributed by atoms with Crippen molar-refractivity contribution < 1.29 is 37.5 Å². The molecule has 1 aliphatic rings. The van der Waals surface area contributed by atoms with Crippen LogP contribution in [0.15, 0.2) is 24.3 Å². The van der Waals surface area contributed by atoms with E-state index < -0.39 is 40.7 Å². The van der Waals surface area contributed by atoms with Crippen molar-refractivity contribution in [2.24, 2.45) is 11.8 Å². The van der Waals surface area contributed by atoms with Gasteiger partial charge in [0.1, 0.15) is 0 Å². The number of halogens is 3. The van der Waals surface area contributed by atoms with E-state index in [1.807, 2.05) is 0 Å². The van der Waals surface area contributed by atoms with Gasteiger partial charge in [-0.05, 0) is 74.5 Å². The Kier molecular flexibility index (Phi) is 11.5. The van der Waals surface area contributed by atoms with Gasteiger partial charge >= 0.3 is 12.1 Å². The number of carboxylic acids is 1. The molecule has 0 aromatic heterocycles. The number of alkyl halides is 3. The third-order valence-corrected chi connectivity index (χ3v) is 8.44. The molecule has 0 amide bonds. The van der Waals surface area contributed by atoms with Crippen molar-refractivity contribution in [2.45, 2.75) is 94.3 Å². The number of hydrogen-bond acceptors (Lipinski definition) is 4. The minimum absolute atomic E-state index is 0.0321. The first kappa shape index (κ1) is 28.8. The molecule has 0 spiro atoms. The van der Waals surface area contributed by atoms with Crippen molar-refractivity contribution >= 4 is 16.8 Å². The number of unbranched alkanes of at least 4 members (excludes halogenated alkanes) is 3. The number of carbonyl (C=O) groups is 1. The molecular formula is C25H37F3O5S. The van der Waals surface area contributed by atoms with E-state index in [0.29, 0.717) is 38.5 Å². The number of aliphatic hydroxyl groups is 2. The maximum atomic E-state index is 12.7. The second kappa shape index (κ2) is 13.6. The number of benzene rings is 1. The lowest BCUT2D eigenvalue weighted by atomic mass is 9.84.